The minimum absolute atomic E-state index is 0.269. The first-order valence-corrected chi connectivity index (χ1v) is 9.36. The molecule has 2 aromatic rings. The predicted molar refractivity (Wildman–Crippen MR) is 90.0 cm³/mol. The van der Waals surface area contributed by atoms with Gasteiger partial charge in [-0.2, -0.15) is 0 Å². The molecular weight excluding hydrogens is 300 g/mol. The van der Waals surface area contributed by atoms with Crippen LogP contribution >= 0.6 is 23.1 Å². The maximum absolute atomic E-state index is 12.4. The summed E-state index contributed by atoms with van der Waals surface area (Å²) in [7, 11) is 0. The first kappa shape index (κ1) is 14.9. The van der Waals surface area contributed by atoms with Crippen LogP contribution in [0.4, 0.5) is 0 Å². The Labute approximate surface area is 133 Å². The minimum atomic E-state index is 0.269. The van der Waals surface area contributed by atoms with Crippen molar-refractivity contribution < 1.29 is 4.79 Å². The van der Waals surface area contributed by atoms with Crippen LogP contribution in [0.15, 0.2) is 28.6 Å². The van der Waals surface area contributed by atoms with Crippen molar-refractivity contribution in [3.05, 3.63) is 24.3 Å². The van der Waals surface area contributed by atoms with Crippen molar-refractivity contribution in [3.63, 3.8) is 0 Å². The number of carbonyl (C=O) groups excluding carboxylic acids is 1. The van der Waals surface area contributed by atoms with Gasteiger partial charge < -0.3 is 4.90 Å². The van der Waals surface area contributed by atoms with Crippen LogP contribution in [0.25, 0.3) is 10.2 Å². The van der Waals surface area contributed by atoms with E-state index in [4.69, 9.17) is 0 Å². The second-order valence-electron chi connectivity index (χ2n) is 5.38. The molecule has 0 spiro atoms. The average Bonchev–Trinajstić information content (AvgIpc) is 2.95. The van der Waals surface area contributed by atoms with Crippen molar-refractivity contribution in [2.24, 2.45) is 0 Å². The number of rotatable bonds is 4. The number of piperidine rings is 1. The highest BCUT2D eigenvalue weighted by Gasteiger charge is 2.25. The summed E-state index contributed by atoms with van der Waals surface area (Å²) in [5.41, 5.74) is 1.03. The standard InChI is InChI=1S/C16H20N2OS2/c1-2-12-7-5-6-10-18(12)15(19)11-20-16-17-13-8-3-4-9-14(13)21-16/h3-4,8-9,12H,2,5-7,10-11H2,1H3/t12-/m0/s1. The lowest BCUT2D eigenvalue weighted by atomic mass is 10.0. The molecule has 1 fully saturated rings. The number of carbonyl (C=O) groups is 1. The third-order valence-electron chi connectivity index (χ3n) is 4.01. The molecule has 1 aliphatic heterocycles. The Morgan fingerprint density at radius 1 is 1.43 bits per heavy atom. The molecule has 3 nitrogen and oxygen atoms in total. The van der Waals surface area contributed by atoms with E-state index in [0.29, 0.717) is 11.8 Å². The topological polar surface area (TPSA) is 33.2 Å². The van der Waals surface area contributed by atoms with Crippen LogP contribution < -0.4 is 0 Å². The Balaban J connectivity index is 1.62. The quantitative estimate of drug-likeness (QED) is 0.792. The van der Waals surface area contributed by atoms with E-state index < -0.39 is 0 Å². The summed E-state index contributed by atoms with van der Waals surface area (Å²) in [6, 6.07) is 8.58. The Hall–Kier alpha value is -1.07. The first-order chi connectivity index (χ1) is 10.3. The molecule has 0 N–H and O–H groups in total. The molecule has 1 aromatic carbocycles. The Bertz CT molecular complexity index is 593. The van der Waals surface area contributed by atoms with Gasteiger partial charge in [0, 0.05) is 12.6 Å². The number of amides is 1. The van der Waals surface area contributed by atoms with E-state index in [0.717, 1.165) is 35.7 Å². The monoisotopic (exact) mass is 320 g/mol. The second kappa shape index (κ2) is 6.79. The summed E-state index contributed by atoms with van der Waals surface area (Å²) in [6.07, 6.45) is 4.63. The Morgan fingerprint density at radius 3 is 3.10 bits per heavy atom. The van der Waals surface area contributed by atoms with Gasteiger partial charge in [0.05, 0.1) is 16.0 Å². The first-order valence-electron chi connectivity index (χ1n) is 7.55. The molecule has 1 aliphatic rings. The average molecular weight is 320 g/mol. The van der Waals surface area contributed by atoms with Crippen molar-refractivity contribution in [2.45, 2.75) is 43.0 Å². The highest BCUT2D eigenvalue weighted by atomic mass is 32.2. The molecule has 0 bridgehead atoms. The smallest absolute Gasteiger partial charge is 0.233 e. The third kappa shape index (κ3) is 3.40. The molecule has 0 radical (unpaired) electrons. The van der Waals surface area contributed by atoms with Gasteiger partial charge in [-0.25, -0.2) is 4.98 Å². The number of fused-ring (bicyclic) bond motifs is 1. The van der Waals surface area contributed by atoms with Crippen molar-refractivity contribution >= 4 is 39.2 Å². The molecule has 21 heavy (non-hydrogen) atoms. The van der Waals surface area contributed by atoms with Gasteiger partial charge in [0.2, 0.25) is 5.91 Å². The van der Waals surface area contributed by atoms with Gasteiger partial charge in [0.15, 0.2) is 4.34 Å². The number of thioether (sulfide) groups is 1. The molecule has 1 saturated heterocycles. The van der Waals surface area contributed by atoms with Crippen molar-refractivity contribution in [2.75, 3.05) is 12.3 Å². The molecule has 1 atom stereocenters. The number of hydrogen-bond donors (Lipinski definition) is 0. The molecule has 2 heterocycles. The van der Waals surface area contributed by atoms with Gasteiger partial charge in [-0.1, -0.05) is 30.8 Å². The number of nitrogens with zero attached hydrogens (tertiary/aromatic N) is 2. The second-order valence-corrected chi connectivity index (χ2v) is 7.63. The lowest BCUT2D eigenvalue weighted by Crippen LogP contribution is -2.44. The van der Waals surface area contributed by atoms with Gasteiger partial charge >= 0.3 is 0 Å². The summed E-state index contributed by atoms with van der Waals surface area (Å²) >= 11 is 3.25. The third-order valence-corrected chi connectivity index (χ3v) is 6.18. The Morgan fingerprint density at radius 2 is 2.29 bits per heavy atom. The fraction of sp³-hybridized carbons (Fsp3) is 0.500. The van der Waals surface area contributed by atoms with Crippen molar-refractivity contribution in [1.82, 2.24) is 9.88 Å². The zero-order chi connectivity index (χ0) is 14.7. The predicted octanol–water partition coefficient (Wildman–Crippen LogP) is 4.18. The van der Waals surface area contributed by atoms with E-state index in [-0.39, 0.29) is 5.91 Å². The molecule has 0 aliphatic carbocycles. The van der Waals surface area contributed by atoms with Gasteiger partial charge in [-0.15, -0.1) is 11.3 Å². The van der Waals surface area contributed by atoms with Crippen LogP contribution in [0, 0.1) is 0 Å². The summed E-state index contributed by atoms with van der Waals surface area (Å²) in [4.78, 5) is 19.1. The summed E-state index contributed by atoms with van der Waals surface area (Å²) in [6.45, 7) is 3.11. The van der Waals surface area contributed by atoms with E-state index in [1.165, 1.54) is 11.1 Å². The lowest BCUT2D eigenvalue weighted by Gasteiger charge is -2.35. The SMILES string of the molecule is CC[C@H]1CCCCN1C(=O)CSc1nc2ccccc2s1. The zero-order valence-electron chi connectivity index (χ0n) is 12.2. The summed E-state index contributed by atoms with van der Waals surface area (Å²) in [5.74, 6) is 0.780. The molecule has 112 valence electrons. The minimum Gasteiger partial charge on any atom is -0.339 e. The van der Waals surface area contributed by atoms with Gasteiger partial charge in [0.1, 0.15) is 0 Å². The molecule has 1 aromatic heterocycles. The zero-order valence-corrected chi connectivity index (χ0v) is 13.9. The van der Waals surface area contributed by atoms with E-state index in [9.17, 15) is 4.79 Å². The molecule has 1 amide bonds. The van der Waals surface area contributed by atoms with Crippen molar-refractivity contribution in [1.29, 1.82) is 0 Å². The maximum Gasteiger partial charge on any atom is 0.233 e. The molecule has 0 unspecified atom stereocenters. The van der Waals surface area contributed by atoms with Crippen LogP contribution in [0.1, 0.15) is 32.6 Å². The fourth-order valence-corrected chi connectivity index (χ4v) is 4.83. The van der Waals surface area contributed by atoms with Gasteiger partial charge in [-0.3, -0.25) is 4.79 Å². The van der Waals surface area contributed by atoms with Gasteiger partial charge in [0.25, 0.3) is 0 Å². The Kier molecular flexibility index (Phi) is 4.80. The maximum atomic E-state index is 12.4. The van der Waals surface area contributed by atoms with Crippen LogP contribution in [0.3, 0.4) is 0 Å². The van der Waals surface area contributed by atoms with Crippen molar-refractivity contribution in [3.8, 4) is 0 Å². The van der Waals surface area contributed by atoms with Crippen LogP contribution in [-0.4, -0.2) is 34.1 Å². The van der Waals surface area contributed by atoms with Crippen LogP contribution in [-0.2, 0) is 4.79 Å². The highest BCUT2D eigenvalue weighted by Crippen LogP contribution is 2.30. The van der Waals surface area contributed by atoms with Crippen LogP contribution in [0.2, 0.25) is 0 Å². The lowest BCUT2D eigenvalue weighted by molar-refractivity contribution is -0.132. The number of aromatic nitrogens is 1. The summed E-state index contributed by atoms with van der Waals surface area (Å²) < 4.78 is 2.19. The number of para-hydroxylation sites is 1. The van der Waals surface area contributed by atoms with E-state index in [1.807, 2.05) is 18.2 Å². The molecular formula is C16H20N2OS2. The van der Waals surface area contributed by atoms with Gasteiger partial charge in [-0.05, 0) is 37.8 Å². The van der Waals surface area contributed by atoms with E-state index in [2.05, 4.69) is 22.9 Å². The van der Waals surface area contributed by atoms with E-state index in [1.54, 1.807) is 23.1 Å². The van der Waals surface area contributed by atoms with E-state index >= 15 is 0 Å². The number of hydrogen-bond acceptors (Lipinski definition) is 4. The highest BCUT2D eigenvalue weighted by molar-refractivity contribution is 8.01. The molecule has 3 rings (SSSR count). The molecule has 5 heteroatoms. The number of benzene rings is 1. The fourth-order valence-electron chi connectivity index (χ4n) is 2.87. The largest absolute Gasteiger partial charge is 0.339 e. The number of thiazole rings is 1. The van der Waals surface area contributed by atoms with Crippen LogP contribution in [0.5, 0.6) is 0 Å². The normalized spacial score (nSPS) is 19.1. The molecule has 0 saturated carbocycles. The summed E-state index contributed by atoms with van der Waals surface area (Å²) in [5, 5.41) is 0. The number of likely N-dealkylation sites (tertiary alicyclic amines) is 1.